The third-order valence-corrected chi connectivity index (χ3v) is 5.07. The standard InChI is InChI=1S/C11H23NO3S/c1-11(2,3)16(14,15)9-7-10(13)6-5-8-12-4/h12H,5-9H2,1-4H3. The quantitative estimate of drug-likeness (QED) is 0.688. The van der Waals surface area contributed by atoms with Crippen LogP contribution in [0.15, 0.2) is 0 Å². The van der Waals surface area contributed by atoms with Crippen molar-refractivity contribution >= 4 is 15.6 Å². The van der Waals surface area contributed by atoms with E-state index < -0.39 is 14.6 Å². The van der Waals surface area contributed by atoms with Crippen LogP contribution < -0.4 is 5.32 Å². The molecule has 0 aromatic rings. The second-order valence-corrected chi connectivity index (χ2v) is 7.79. The van der Waals surface area contributed by atoms with E-state index in [9.17, 15) is 13.2 Å². The third-order valence-electron chi connectivity index (χ3n) is 2.47. The number of hydrogen-bond acceptors (Lipinski definition) is 4. The van der Waals surface area contributed by atoms with Crippen molar-refractivity contribution in [2.24, 2.45) is 0 Å². The van der Waals surface area contributed by atoms with E-state index in [2.05, 4.69) is 5.32 Å². The van der Waals surface area contributed by atoms with Gasteiger partial charge in [-0.05, 0) is 40.8 Å². The molecule has 0 aliphatic heterocycles. The van der Waals surface area contributed by atoms with E-state index in [1.54, 1.807) is 20.8 Å². The topological polar surface area (TPSA) is 63.2 Å². The Balaban J connectivity index is 4.02. The van der Waals surface area contributed by atoms with Crippen LogP contribution in [0.3, 0.4) is 0 Å². The Morgan fingerprint density at radius 3 is 2.19 bits per heavy atom. The fraction of sp³-hybridized carbons (Fsp3) is 0.909. The van der Waals surface area contributed by atoms with Gasteiger partial charge < -0.3 is 5.32 Å². The maximum atomic E-state index is 11.7. The molecule has 0 unspecified atom stereocenters. The summed E-state index contributed by atoms with van der Waals surface area (Å²) in [6.45, 7) is 5.77. The van der Waals surface area contributed by atoms with Gasteiger partial charge in [0.25, 0.3) is 0 Å². The molecule has 0 amide bonds. The first-order valence-corrected chi connectivity index (χ1v) is 7.24. The second-order valence-electron chi connectivity index (χ2n) is 4.93. The van der Waals surface area contributed by atoms with Gasteiger partial charge in [-0.2, -0.15) is 0 Å². The number of nitrogens with one attached hydrogen (secondary N) is 1. The van der Waals surface area contributed by atoms with Gasteiger partial charge in [-0.3, -0.25) is 4.79 Å². The van der Waals surface area contributed by atoms with Crippen molar-refractivity contribution in [3.05, 3.63) is 0 Å². The van der Waals surface area contributed by atoms with Crippen molar-refractivity contribution in [1.82, 2.24) is 5.32 Å². The van der Waals surface area contributed by atoms with Crippen molar-refractivity contribution in [1.29, 1.82) is 0 Å². The molecule has 16 heavy (non-hydrogen) atoms. The van der Waals surface area contributed by atoms with Gasteiger partial charge in [-0.1, -0.05) is 0 Å². The van der Waals surface area contributed by atoms with Crippen molar-refractivity contribution in [2.75, 3.05) is 19.3 Å². The fourth-order valence-electron chi connectivity index (χ4n) is 1.14. The number of rotatable bonds is 7. The predicted octanol–water partition coefficient (Wildman–Crippen LogP) is 1.16. The number of carbonyl (C=O) groups is 1. The predicted molar refractivity (Wildman–Crippen MR) is 66.3 cm³/mol. The van der Waals surface area contributed by atoms with Crippen molar-refractivity contribution in [2.45, 2.75) is 44.8 Å². The zero-order valence-corrected chi connectivity index (χ0v) is 11.5. The molecule has 0 aliphatic carbocycles. The summed E-state index contributed by atoms with van der Waals surface area (Å²) in [5, 5.41) is 2.95. The summed E-state index contributed by atoms with van der Waals surface area (Å²) >= 11 is 0. The van der Waals surface area contributed by atoms with E-state index >= 15 is 0 Å². The Hall–Kier alpha value is -0.420. The number of Topliss-reactive ketones (excluding diaryl/α,β-unsaturated/α-hetero) is 1. The SMILES string of the molecule is CNCCCC(=O)CCS(=O)(=O)C(C)(C)C. The van der Waals surface area contributed by atoms with Crippen LogP contribution in [-0.4, -0.2) is 38.3 Å². The van der Waals surface area contributed by atoms with Crippen LogP contribution >= 0.6 is 0 Å². The molecule has 0 fully saturated rings. The summed E-state index contributed by atoms with van der Waals surface area (Å²) in [6, 6.07) is 0. The van der Waals surface area contributed by atoms with Gasteiger partial charge in [-0.15, -0.1) is 0 Å². The Bertz CT molecular complexity index is 315. The molecule has 5 heteroatoms. The number of sulfone groups is 1. The molecule has 0 heterocycles. The summed E-state index contributed by atoms with van der Waals surface area (Å²) in [6.07, 6.45) is 1.37. The molecule has 4 nitrogen and oxygen atoms in total. The summed E-state index contributed by atoms with van der Waals surface area (Å²) in [5.74, 6) is -0.00223. The van der Waals surface area contributed by atoms with Crippen LogP contribution in [0.5, 0.6) is 0 Å². The summed E-state index contributed by atoms with van der Waals surface area (Å²) in [7, 11) is -1.33. The van der Waals surface area contributed by atoms with Gasteiger partial charge in [0.15, 0.2) is 9.84 Å². The van der Waals surface area contributed by atoms with Gasteiger partial charge in [0, 0.05) is 12.8 Å². The van der Waals surface area contributed by atoms with Gasteiger partial charge >= 0.3 is 0 Å². The molecule has 0 saturated heterocycles. The minimum Gasteiger partial charge on any atom is -0.320 e. The van der Waals surface area contributed by atoms with E-state index in [4.69, 9.17) is 0 Å². The highest BCUT2D eigenvalue weighted by Gasteiger charge is 2.28. The van der Waals surface area contributed by atoms with E-state index in [1.807, 2.05) is 7.05 Å². The van der Waals surface area contributed by atoms with Crippen LogP contribution in [0, 0.1) is 0 Å². The maximum Gasteiger partial charge on any atom is 0.155 e. The minimum absolute atomic E-state index is 0.0306. The van der Waals surface area contributed by atoms with Crippen LogP contribution in [0.1, 0.15) is 40.0 Å². The highest BCUT2D eigenvalue weighted by Crippen LogP contribution is 2.17. The molecule has 0 aliphatic rings. The number of carbonyl (C=O) groups excluding carboxylic acids is 1. The van der Waals surface area contributed by atoms with Gasteiger partial charge in [0.1, 0.15) is 5.78 Å². The molecule has 0 aromatic carbocycles. The van der Waals surface area contributed by atoms with Gasteiger partial charge in [-0.25, -0.2) is 8.42 Å². The molecule has 0 aromatic heterocycles. The average molecular weight is 249 g/mol. The zero-order chi connectivity index (χ0) is 12.8. The lowest BCUT2D eigenvalue weighted by molar-refractivity contribution is -0.118. The van der Waals surface area contributed by atoms with Crippen molar-refractivity contribution in [3.8, 4) is 0 Å². The molecular weight excluding hydrogens is 226 g/mol. The van der Waals surface area contributed by atoms with Crippen LogP contribution in [-0.2, 0) is 14.6 Å². The Kier molecular flexibility index (Phi) is 6.18. The van der Waals surface area contributed by atoms with Crippen molar-refractivity contribution in [3.63, 3.8) is 0 Å². The normalized spacial score (nSPS) is 12.8. The maximum absolute atomic E-state index is 11.7. The third kappa shape index (κ3) is 5.61. The van der Waals surface area contributed by atoms with Crippen LogP contribution in [0.25, 0.3) is 0 Å². The van der Waals surface area contributed by atoms with Crippen LogP contribution in [0.2, 0.25) is 0 Å². The van der Waals surface area contributed by atoms with Gasteiger partial charge in [0.05, 0.1) is 10.5 Å². The molecule has 96 valence electrons. The average Bonchev–Trinajstić information content (AvgIpc) is 2.13. The van der Waals surface area contributed by atoms with E-state index in [-0.39, 0.29) is 18.0 Å². The molecule has 0 spiro atoms. The summed E-state index contributed by atoms with van der Waals surface area (Å²) in [5.41, 5.74) is 0. The Labute approximate surface area is 98.7 Å². The molecule has 0 atom stereocenters. The van der Waals surface area contributed by atoms with E-state index in [0.29, 0.717) is 6.42 Å². The first-order valence-electron chi connectivity index (χ1n) is 5.59. The molecule has 1 N–H and O–H groups in total. The van der Waals surface area contributed by atoms with Crippen LogP contribution in [0.4, 0.5) is 0 Å². The Morgan fingerprint density at radius 2 is 1.75 bits per heavy atom. The Morgan fingerprint density at radius 1 is 1.19 bits per heavy atom. The highest BCUT2D eigenvalue weighted by molar-refractivity contribution is 7.92. The second kappa shape index (κ2) is 6.35. The fourth-order valence-corrected chi connectivity index (χ4v) is 2.25. The van der Waals surface area contributed by atoms with E-state index in [1.165, 1.54) is 0 Å². The first kappa shape index (κ1) is 15.6. The monoisotopic (exact) mass is 249 g/mol. The lowest BCUT2D eigenvalue weighted by Gasteiger charge is -2.18. The molecule has 0 saturated carbocycles. The minimum atomic E-state index is -3.16. The van der Waals surface area contributed by atoms with Gasteiger partial charge in [0.2, 0.25) is 0 Å². The largest absolute Gasteiger partial charge is 0.320 e. The zero-order valence-electron chi connectivity index (χ0n) is 10.7. The molecular formula is C11H23NO3S. The molecule has 0 rings (SSSR count). The lowest BCUT2D eigenvalue weighted by Crippen LogP contribution is -2.31. The summed E-state index contributed by atoms with van der Waals surface area (Å²) < 4.78 is 22.7. The molecule has 0 bridgehead atoms. The molecule has 0 radical (unpaired) electrons. The number of hydrogen-bond donors (Lipinski definition) is 1. The lowest BCUT2D eigenvalue weighted by atomic mass is 10.2. The highest BCUT2D eigenvalue weighted by atomic mass is 32.2. The summed E-state index contributed by atoms with van der Waals surface area (Å²) in [4.78, 5) is 11.4. The first-order chi connectivity index (χ1) is 7.20. The van der Waals surface area contributed by atoms with Crippen molar-refractivity contribution < 1.29 is 13.2 Å². The smallest absolute Gasteiger partial charge is 0.155 e. The van der Waals surface area contributed by atoms with E-state index in [0.717, 1.165) is 13.0 Å². The number of ketones is 1.